The largest absolute Gasteiger partial charge is 0.379 e. The van der Waals surface area contributed by atoms with Crippen molar-refractivity contribution in [3.05, 3.63) is 22.4 Å². The Morgan fingerprint density at radius 2 is 2.10 bits per heavy atom. The number of hydrogen-bond acceptors (Lipinski definition) is 3. The first-order valence-corrected chi connectivity index (χ1v) is 7.85. The number of thiophene rings is 1. The fraction of sp³-hybridized carbons (Fsp3) is 0.667. The second-order valence-corrected chi connectivity index (χ2v) is 6.83. The second-order valence-electron chi connectivity index (χ2n) is 5.80. The van der Waals surface area contributed by atoms with E-state index in [4.69, 9.17) is 4.74 Å². The summed E-state index contributed by atoms with van der Waals surface area (Å²) in [5.41, 5.74) is 0.109. The molecule has 4 nitrogen and oxygen atoms in total. The SMILES string of the molecule is CN=C(NCCc1cccs1)NCC(OC)C(C)(C)C.I. The zero-order valence-electron chi connectivity index (χ0n) is 13.6. The van der Waals surface area contributed by atoms with Gasteiger partial charge in [0.15, 0.2) is 5.96 Å². The molecular weight excluding hydrogens is 397 g/mol. The highest BCUT2D eigenvalue weighted by molar-refractivity contribution is 14.0. The van der Waals surface area contributed by atoms with Gasteiger partial charge < -0.3 is 15.4 Å². The number of guanidine groups is 1. The molecule has 0 fully saturated rings. The van der Waals surface area contributed by atoms with Crippen LogP contribution >= 0.6 is 35.3 Å². The van der Waals surface area contributed by atoms with E-state index in [2.05, 4.69) is 53.9 Å². The van der Waals surface area contributed by atoms with Crippen LogP contribution in [0.2, 0.25) is 0 Å². The quantitative estimate of drug-likeness (QED) is 0.418. The van der Waals surface area contributed by atoms with Crippen molar-refractivity contribution in [2.75, 3.05) is 27.2 Å². The fourth-order valence-electron chi connectivity index (χ4n) is 1.91. The number of rotatable bonds is 6. The molecule has 6 heteroatoms. The molecule has 0 radical (unpaired) electrons. The van der Waals surface area contributed by atoms with Crippen LogP contribution in [0.4, 0.5) is 0 Å². The van der Waals surface area contributed by atoms with Crippen LogP contribution in [-0.2, 0) is 11.2 Å². The average Bonchev–Trinajstić information content (AvgIpc) is 2.88. The lowest BCUT2D eigenvalue weighted by Gasteiger charge is -2.30. The predicted molar refractivity (Wildman–Crippen MR) is 103 cm³/mol. The summed E-state index contributed by atoms with van der Waals surface area (Å²) >= 11 is 1.79. The minimum Gasteiger partial charge on any atom is -0.379 e. The summed E-state index contributed by atoms with van der Waals surface area (Å²) in [6.07, 6.45) is 1.17. The zero-order valence-corrected chi connectivity index (χ0v) is 16.7. The Bertz CT molecular complexity index is 402. The standard InChI is InChI=1S/C15H27N3OS.HI/c1-15(2,3)13(19-5)11-18-14(16-4)17-9-8-12-7-6-10-20-12;/h6-7,10,13H,8-9,11H2,1-5H3,(H2,16,17,18);1H. The van der Waals surface area contributed by atoms with Crippen LogP contribution in [0, 0.1) is 5.41 Å². The van der Waals surface area contributed by atoms with Crippen LogP contribution in [-0.4, -0.2) is 39.3 Å². The number of nitrogens with zero attached hydrogens (tertiary/aromatic N) is 1. The van der Waals surface area contributed by atoms with Gasteiger partial charge in [0.1, 0.15) is 0 Å². The highest BCUT2D eigenvalue weighted by Crippen LogP contribution is 2.20. The normalized spacial score (nSPS) is 13.5. The van der Waals surface area contributed by atoms with E-state index in [1.165, 1.54) is 4.88 Å². The second kappa shape index (κ2) is 10.4. The van der Waals surface area contributed by atoms with Crippen molar-refractivity contribution >= 4 is 41.3 Å². The maximum absolute atomic E-state index is 5.53. The molecule has 1 unspecified atom stereocenters. The lowest BCUT2D eigenvalue weighted by Crippen LogP contribution is -2.45. The van der Waals surface area contributed by atoms with Crippen molar-refractivity contribution in [1.29, 1.82) is 0 Å². The first-order chi connectivity index (χ1) is 9.47. The highest BCUT2D eigenvalue weighted by Gasteiger charge is 2.24. The Morgan fingerprint density at radius 1 is 1.38 bits per heavy atom. The van der Waals surface area contributed by atoms with Crippen molar-refractivity contribution < 1.29 is 4.74 Å². The molecule has 0 aromatic carbocycles. The molecule has 1 aromatic rings. The van der Waals surface area contributed by atoms with Gasteiger partial charge in [-0.15, -0.1) is 35.3 Å². The lowest BCUT2D eigenvalue weighted by molar-refractivity contribution is 0.0205. The van der Waals surface area contributed by atoms with E-state index < -0.39 is 0 Å². The van der Waals surface area contributed by atoms with E-state index in [1.807, 2.05) is 0 Å². The molecule has 0 aliphatic carbocycles. The van der Waals surface area contributed by atoms with Crippen LogP contribution in [0.15, 0.2) is 22.5 Å². The molecule has 1 rings (SSSR count). The molecular formula is C15H28IN3OS. The molecule has 1 atom stereocenters. The van der Waals surface area contributed by atoms with E-state index in [0.717, 1.165) is 25.5 Å². The first-order valence-electron chi connectivity index (χ1n) is 6.97. The fourth-order valence-corrected chi connectivity index (χ4v) is 2.62. The molecule has 0 bridgehead atoms. The predicted octanol–water partition coefficient (Wildman–Crippen LogP) is 3.13. The highest BCUT2D eigenvalue weighted by atomic mass is 127. The molecule has 1 heterocycles. The van der Waals surface area contributed by atoms with Gasteiger partial charge in [0, 0.05) is 32.1 Å². The number of nitrogens with one attached hydrogen (secondary N) is 2. The topological polar surface area (TPSA) is 45.7 Å². The summed E-state index contributed by atoms with van der Waals surface area (Å²) in [5, 5.41) is 8.76. The van der Waals surface area contributed by atoms with Gasteiger partial charge in [0.25, 0.3) is 0 Å². The molecule has 0 amide bonds. The third-order valence-electron chi connectivity index (χ3n) is 3.17. The van der Waals surface area contributed by atoms with Gasteiger partial charge in [-0.05, 0) is 23.3 Å². The Kier molecular flexibility index (Phi) is 10.2. The summed E-state index contributed by atoms with van der Waals surface area (Å²) in [5.74, 6) is 0.827. The van der Waals surface area contributed by atoms with E-state index in [1.54, 1.807) is 25.5 Å². The lowest BCUT2D eigenvalue weighted by atomic mass is 9.89. The van der Waals surface area contributed by atoms with Crippen LogP contribution in [0.1, 0.15) is 25.6 Å². The number of methoxy groups -OCH3 is 1. The maximum Gasteiger partial charge on any atom is 0.191 e. The third kappa shape index (κ3) is 8.01. The van der Waals surface area contributed by atoms with E-state index in [9.17, 15) is 0 Å². The number of hydrogen-bond donors (Lipinski definition) is 2. The van der Waals surface area contributed by atoms with Crippen LogP contribution in [0.25, 0.3) is 0 Å². The van der Waals surface area contributed by atoms with Crippen molar-refractivity contribution in [2.45, 2.75) is 33.3 Å². The molecule has 0 aliphatic heterocycles. The van der Waals surface area contributed by atoms with Gasteiger partial charge in [-0.2, -0.15) is 0 Å². The summed E-state index contributed by atoms with van der Waals surface area (Å²) in [6.45, 7) is 8.16. The Morgan fingerprint density at radius 3 is 2.57 bits per heavy atom. The molecule has 122 valence electrons. The van der Waals surface area contributed by atoms with E-state index in [0.29, 0.717) is 0 Å². The Balaban J connectivity index is 0.00000400. The van der Waals surface area contributed by atoms with Gasteiger partial charge in [-0.1, -0.05) is 26.8 Å². The Hall–Kier alpha value is -0.340. The van der Waals surface area contributed by atoms with Crippen molar-refractivity contribution in [1.82, 2.24) is 10.6 Å². The smallest absolute Gasteiger partial charge is 0.191 e. The van der Waals surface area contributed by atoms with Gasteiger partial charge in [0.05, 0.1) is 6.10 Å². The Labute approximate surface area is 149 Å². The summed E-state index contributed by atoms with van der Waals surface area (Å²) in [7, 11) is 3.55. The molecule has 0 spiro atoms. The van der Waals surface area contributed by atoms with E-state index >= 15 is 0 Å². The minimum absolute atomic E-state index is 0. The number of halogens is 1. The van der Waals surface area contributed by atoms with Crippen LogP contribution < -0.4 is 10.6 Å². The molecule has 0 saturated heterocycles. The van der Waals surface area contributed by atoms with Crippen molar-refractivity contribution in [3.63, 3.8) is 0 Å². The van der Waals surface area contributed by atoms with Gasteiger partial charge in [-0.25, -0.2) is 0 Å². The summed E-state index contributed by atoms with van der Waals surface area (Å²) in [6, 6.07) is 4.24. The van der Waals surface area contributed by atoms with Crippen LogP contribution in [0.5, 0.6) is 0 Å². The van der Waals surface area contributed by atoms with Crippen LogP contribution in [0.3, 0.4) is 0 Å². The van der Waals surface area contributed by atoms with Crippen molar-refractivity contribution in [2.24, 2.45) is 10.4 Å². The molecule has 0 saturated carbocycles. The minimum atomic E-state index is 0. The maximum atomic E-state index is 5.53. The molecule has 0 aliphatic rings. The number of ether oxygens (including phenoxy) is 1. The van der Waals surface area contributed by atoms with Crippen molar-refractivity contribution in [3.8, 4) is 0 Å². The first kappa shape index (κ1) is 20.7. The summed E-state index contributed by atoms with van der Waals surface area (Å²) in [4.78, 5) is 5.62. The average molecular weight is 425 g/mol. The van der Waals surface area contributed by atoms with Gasteiger partial charge >= 0.3 is 0 Å². The monoisotopic (exact) mass is 425 g/mol. The number of aliphatic imine (C=N–C) groups is 1. The summed E-state index contributed by atoms with van der Waals surface area (Å²) < 4.78 is 5.53. The zero-order chi connectivity index (χ0) is 15.0. The molecule has 1 aromatic heterocycles. The van der Waals surface area contributed by atoms with Gasteiger partial charge in [-0.3, -0.25) is 4.99 Å². The third-order valence-corrected chi connectivity index (χ3v) is 4.11. The van der Waals surface area contributed by atoms with E-state index in [-0.39, 0.29) is 35.5 Å². The molecule has 21 heavy (non-hydrogen) atoms. The molecule has 2 N–H and O–H groups in total. The van der Waals surface area contributed by atoms with Gasteiger partial charge in [0.2, 0.25) is 0 Å².